The summed E-state index contributed by atoms with van der Waals surface area (Å²) in [5.41, 5.74) is 0. The van der Waals surface area contributed by atoms with Crippen LogP contribution in [0.2, 0.25) is 0 Å². The van der Waals surface area contributed by atoms with E-state index in [-0.39, 0.29) is 9.85 Å². The van der Waals surface area contributed by atoms with E-state index in [0.29, 0.717) is 6.54 Å². The van der Waals surface area contributed by atoms with Crippen LogP contribution in [0.15, 0.2) is 17.6 Å². The van der Waals surface area contributed by atoms with Crippen LogP contribution in [-0.2, 0) is 17.1 Å². The van der Waals surface area contributed by atoms with Crippen LogP contribution < -0.4 is 4.72 Å². The fraction of sp³-hybridized carbons (Fsp3) is 0.625. The minimum absolute atomic E-state index is 0.0563. The number of hydrogen-bond acceptors (Lipinski definition) is 3. The van der Waals surface area contributed by atoms with Gasteiger partial charge in [0.1, 0.15) is 0 Å². The Bertz CT molecular complexity index is 415. The maximum atomic E-state index is 11.7. The number of hydrogen-bond donors (Lipinski definition) is 1. The van der Waals surface area contributed by atoms with Crippen LogP contribution in [0.25, 0.3) is 0 Å². The average Bonchev–Trinajstić information content (AvgIpc) is 2.62. The molecule has 1 rings (SSSR count). The molecule has 1 N–H and O–H groups in total. The zero-order valence-corrected chi connectivity index (χ0v) is 11.0. The zero-order valence-electron chi connectivity index (χ0n) is 8.64. The lowest BCUT2D eigenvalue weighted by Crippen LogP contribution is -2.29. The Morgan fingerprint density at radius 3 is 2.80 bits per heavy atom. The first kappa shape index (κ1) is 12.7. The second kappa shape index (κ2) is 5.09. The van der Waals surface area contributed by atoms with Gasteiger partial charge < -0.3 is 4.57 Å². The second-order valence-corrected chi connectivity index (χ2v) is 6.24. The van der Waals surface area contributed by atoms with E-state index in [1.165, 1.54) is 12.5 Å². The Balaban J connectivity index is 2.68. The van der Waals surface area contributed by atoms with Crippen molar-refractivity contribution < 1.29 is 8.42 Å². The highest BCUT2D eigenvalue weighted by Crippen LogP contribution is 2.07. The highest BCUT2D eigenvalue weighted by Gasteiger charge is 2.17. The third-order valence-corrected chi connectivity index (χ3v) is 4.17. The van der Waals surface area contributed by atoms with E-state index in [2.05, 4.69) is 25.6 Å². The molecule has 0 bridgehead atoms. The maximum absolute atomic E-state index is 11.7. The molecule has 1 atom stereocenters. The largest absolute Gasteiger partial charge is 0.339 e. The molecule has 1 aromatic rings. The second-order valence-electron chi connectivity index (χ2n) is 3.23. The lowest BCUT2D eigenvalue weighted by Gasteiger charge is -2.07. The van der Waals surface area contributed by atoms with Crippen molar-refractivity contribution in [2.24, 2.45) is 7.05 Å². The molecule has 5 nitrogen and oxygen atoms in total. The molecule has 0 aromatic carbocycles. The molecule has 1 heterocycles. The van der Waals surface area contributed by atoms with Crippen molar-refractivity contribution in [3.05, 3.63) is 12.5 Å². The van der Waals surface area contributed by atoms with Crippen molar-refractivity contribution in [1.29, 1.82) is 0 Å². The first-order valence-electron chi connectivity index (χ1n) is 4.57. The van der Waals surface area contributed by atoms with Crippen LogP contribution in [-0.4, -0.2) is 29.3 Å². The number of aryl methyl sites for hydroxylation is 1. The Morgan fingerprint density at radius 2 is 2.33 bits per heavy atom. The van der Waals surface area contributed by atoms with Gasteiger partial charge in [0.05, 0.1) is 6.33 Å². The molecule has 0 aliphatic carbocycles. The van der Waals surface area contributed by atoms with Gasteiger partial charge >= 0.3 is 0 Å². The summed E-state index contributed by atoms with van der Waals surface area (Å²) in [5.74, 6) is 0. The fourth-order valence-electron chi connectivity index (χ4n) is 0.946. The topological polar surface area (TPSA) is 64.0 Å². The summed E-state index contributed by atoms with van der Waals surface area (Å²) in [5, 5.41) is 0.0563. The fourth-order valence-corrected chi connectivity index (χ4v) is 2.38. The van der Waals surface area contributed by atoms with Gasteiger partial charge in [-0.2, -0.15) is 0 Å². The van der Waals surface area contributed by atoms with Crippen LogP contribution >= 0.6 is 15.9 Å². The van der Waals surface area contributed by atoms with Crippen LogP contribution in [0.1, 0.15) is 13.3 Å². The Morgan fingerprint density at radius 1 is 1.67 bits per heavy atom. The molecule has 86 valence electrons. The van der Waals surface area contributed by atoms with Crippen molar-refractivity contribution >= 4 is 26.0 Å². The third-order valence-electron chi connectivity index (χ3n) is 1.89. The van der Waals surface area contributed by atoms with Crippen molar-refractivity contribution in [3.63, 3.8) is 0 Å². The number of rotatable bonds is 5. The quantitative estimate of drug-likeness (QED) is 0.820. The van der Waals surface area contributed by atoms with E-state index in [9.17, 15) is 8.42 Å². The summed E-state index contributed by atoms with van der Waals surface area (Å²) in [4.78, 5) is 3.94. The molecule has 0 amide bonds. The number of aromatic nitrogens is 2. The molecule has 0 saturated carbocycles. The summed E-state index contributed by atoms with van der Waals surface area (Å²) < 4.78 is 27.4. The predicted octanol–water partition coefficient (Wildman–Crippen LogP) is 0.872. The molecule has 0 aliphatic heterocycles. The van der Waals surface area contributed by atoms with Gasteiger partial charge in [-0.25, -0.2) is 18.1 Å². The van der Waals surface area contributed by atoms with Gasteiger partial charge in [-0.05, 0) is 6.42 Å². The van der Waals surface area contributed by atoms with Gasteiger partial charge in [-0.1, -0.05) is 22.9 Å². The van der Waals surface area contributed by atoms with Crippen LogP contribution in [0.3, 0.4) is 0 Å². The molecular weight excluding hydrogens is 282 g/mol. The van der Waals surface area contributed by atoms with Crippen LogP contribution in [0, 0.1) is 0 Å². The van der Waals surface area contributed by atoms with E-state index < -0.39 is 10.0 Å². The lowest BCUT2D eigenvalue weighted by atomic mass is 10.3. The molecule has 0 saturated heterocycles. The lowest BCUT2D eigenvalue weighted by molar-refractivity contribution is 0.576. The number of nitrogens with zero attached hydrogens (tertiary/aromatic N) is 2. The Labute approximate surface area is 98.1 Å². The van der Waals surface area contributed by atoms with Gasteiger partial charge in [0.2, 0.25) is 0 Å². The van der Waals surface area contributed by atoms with E-state index in [1.807, 2.05) is 6.92 Å². The van der Waals surface area contributed by atoms with Crippen molar-refractivity contribution in [1.82, 2.24) is 14.3 Å². The Kier molecular flexibility index (Phi) is 4.30. The smallest absolute Gasteiger partial charge is 0.259 e. The van der Waals surface area contributed by atoms with Crippen molar-refractivity contribution in [3.8, 4) is 0 Å². The third kappa shape index (κ3) is 3.58. The molecule has 0 spiro atoms. The van der Waals surface area contributed by atoms with Gasteiger partial charge in [0.15, 0.2) is 5.03 Å². The van der Waals surface area contributed by atoms with E-state index >= 15 is 0 Å². The normalized spacial score (nSPS) is 14.1. The minimum Gasteiger partial charge on any atom is -0.339 e. The number of alkyl halides is 1. The standard InChI is InChI=1S/C8H14BrN3O2S/c1-3-7(9)4-11-15(13,14)8-5-12(2)6-10-8/h5-7,11H,3-4H2,1-2H3. The summed E-state index contributed by atoms with van der Waals surface area (Å²) in [6.07, 6.45) is 3.79. The van der Waals surface area contributed by atoms with E-state index in [4.69, 9.17) is 0 Å². The summed E-state index contributed by atoms with van der Waals surface area (Å²) in [6.45, 7) is 2.35. The van der Waals surface area contributed by atoms with Gasteiger partial charge in [0, 0.05) is 24.6 Å². The first-order valence-corrected chi connectivity index (χ1v) is 6.97. The monoisotopic (exact) mass is 295 g/mol. The molecule has 15 heavy (non-hydrogen) atoms. The number of sulfonamides is 1. The highest BCUT2D eigenvalue weighted by atomic mass is 79.9. The van der Waals surface area contributed by atoms with Crippen molar-refractivity contribution in [2.75, 3.05) is 6.54 Å². The Hall–Kier alpha value is -0.400. The minimum atomic E-state index is -3.46. The van der Waals surface area contributed by atoms with Crippen LogP contribution in [0.5, 0.6) is 0 Å². The molecule has 0 fully saturated rings. The summed E-state index contributed by atoms with van der Waals surface area (Å²) in [7, 11) is -1.73. The van der Waals surface area contributed by atoms with Crippen LogP contribution in [0.4, 0.5) is 0 Å². The number of halogens is 1. The zero-order chi connectivity index (χ0) is 11.5. The molecule has 1 unspecified atom stereocenters. The summed E-state index contributed by atoms with van der Waals surface area (Å²) in [6, 6.07) is 0. The molecule has 7 heteroatoms. The van der Waals surface area contributed by atoms with E-state index in [0.717, 1.165) is 6.42 Å². The van der Waals surface area contributed by atoms with E-state index in [1.54, 1.807) is 11.6 Å². The average molecular weight is 296 g/mol. The van der Waals surface area contributed by atoms with Gasteiger partial charge in [0.25, 0.3) is 10.0 Å². The SMILES string of the molecule is CCC(Br)CNS(=O)(=O)c1cn(C)cn1. The molecule has 0 aliphatic rings. The maximum Gasteiger partial charge on any atom is 0.259 e. The number of imidazole rings is 1. The van der Waals surface area contributed by atoms with Crippen molar-refractivity contribution in [2.45, 2.75) is 23.2 Å². The highest BCUT2D eigenvalue weighted by molar-refractivity contribution is 9.09. The van der Waals surface area contributed by atoms with Gasteiger partial charge in [-0.15, -0.1) is 0 Å². The molecule has 1 aromatic heterocycles. The molecular formula is C8H14BrN3O2S. The van der Waals surface area contributed by atoms with Gasteiger partial charge in [-0.3, -0.25) is 0 Å². The first-order chi connectivity index (χ1) is 6.95. The molecule has 0 radical (unpaired) electrons. The summed E-state index contributed by atoms with van der Waals surface area (Å²) >= 11 is 3.35. The number of nitrogens with one attached hydrogen (secondary N) is 1. The predicted molar refractivity (Wildman–Crippen MR) is 61.4 cm³/mol.